The van der Waals surface area contributed by atoms with E-state index in [0.29, 0.717) is 6.04 Å². The number of rotatable bonds is 3. The van der Waals surface area contributed by atoms with Gasteiger partial charge in [-0.05, 0) is 38.3 Å². The van der Waals surface area contributed by atoms with Crippen molar-refractivity contribution in [2.45, 2.75) is 52.0 Å². The molecule has 20 heavy (non-hydrogen) atoms. The lowest BCUT2D eigenvalue weighted by molar-refractivity contribution is 0.460. The summed E-state index contributed by atoms with van der Waals surface area (Å²) in [6.07, 6.45) is 8.69. The summed E-state index contributed by atoms with van der Waals surface area (Å²) in [5.41, 5.74) is 3.55. The van der Waals surface area contributed by atoms with Crippen molar-refractivity contribution in [1.82, 2.24) is 9.55 Å². The Morgan fingerprint density at radius 1 is 1.10 bits per heavy atom. The second kappa shape index (κ2) is 5.70. The maximum Gasteiger partial charge on any atom is 0.207 e. The summed E-state index contributed by atoms with van der Waals surface area (Å²) in [6.45, 7) is 4.20. The van der Waals surface area contributed by atoms with Crippen molar-refractivity contribution in [2.75, 3.05) is 5.32 Å². The summed E-state index contributed by atoms with van der Waals surface area (Å²) in [5, 5.41) is 3.65. The number of anilines is 1. The van der Waals surface area contributed by atoms with Gasteiger partial charge in [0.2, 0.25) is 5.95 Å². The Balaban J connectivity index is 1.90. The number of para-hydroxylation sites is 1. The monoisotopic (exact) mass is 269 g/mol. The molecule has 0 amide bonds. The van der Waals surface area contributed by atoms with Crippen molar-refractivity contribution in [2.24, 2.45) is 0 Å². The van der Waals surface area contributed by atoms with Crippen LogP contribution >= 0.6 is 0 Å². The van der Waals surface area contributed by atoms with E-state index in [1.54, 1.807) is 0 Å². The van der Waals surface area contributed by atoms with Crippen molar-refractivity contribution in [3.8, 4) is 5.69 Å². The Labute approximate surface area is 121 Å². The van der Waals surface area contributed by atoms with Gasteiger partial charge < -0.3 is 5.32 Å². The van der Waals surface area contributed by atoms with Gasteiger partial charge >= 0.3 is 0 Å². The van der Waals surface area contributed by atoms with Gasteiger partial charge in [-0.25, -0.2) is 4.98 Å². The van der Waals surface area contributed by atoms with Crippen LogP contribution in [0.15, 0.2) is 30.5 Å². The molecule has 0 saturated heterocycles. The average Bonchev–Trinajstić information content (AvgIpc) is 2.81. The Kier molecular flexibility index (Phi) is 3.77. The van der Waals surface area contributed by atoms with Crippen LogP contribution in [0.1, 0.15) is 43.4 Å². The van der Waals surface area contributed by atoms with Crippen molar-refractivity contribution >= 4 is 5.95 Å². The van der Waals surface area contributed by atoms with Crippen LogP contribution in [0.2, 0.25) is 0 Å². The molecule has 1 heterocycles. The molecule has 1 N–H and O–H groups in total. The molecular weight excluding hydrogens is 246 g/mol. The highest BCUT2D eigenvalue weighted by Gasteiger charge is 2.16. The van der Waals surface area contributed by atoms with Crippen molar-refractivity contribution in [3.63, 3.8) is 0 Å². The van der Waals surface area contributed by atoms with Gasteiger partial charge in [-0.15, -0.1) is 0 Å². The summed E-state index contributed by atoms with van der Waals surface area (Å²) in [6, 6.07) is 9.05. The van der Waals surface area contributed by atoms with Gasteiger partial charge in [-0.1, -0.05) is 37.5 Å². The third-order valence-corrected chi connectivity index (χ3v) is 4.14. The molecule has 0 spiro atoms. The number of hydrogen-bond donors (Lipinski definition) is 1. The predicted octanol–water partition coefficient (Wildman–Crippen LogP) is 4.23. The smallest absolute Gasteiger partial charge is 0.207 e. The van der Waals surface area contributed by atoms with Gasteiger partial charge in [0.05, 0.1) is 11.4 Å². The second-order valence-corrected chi connectivity index (χ2v) is 5.84. The standard InChI is InChI=1S/C17H23N3/c1-13-8-6-7-11-16(13)20-12-14(2)18-17(20)19-15-9-4-3-5-10-15/h6-8,11-12,15H,3-5,9-10H2,1-2H3,(H,18,19). The Bertz CT molecular complexity index is 580. The lowest BCUT2D eigenvalue weighted by atomic mass is 9.96. The summed E-state index contributed by atoms with van der Waals surface area (Å²) in [5.74, 6) is 0.990. The van der Waals surface area contributed by atoms with E-state index < -0.39 is 0 Å². The minimum absolute atomic E-state index is 0.577. The highest BCUT2D eigenvalue weighted by molar-refractivity contribution is 5.48. The van der Waals surface area contributed by atoms with Gasteiger partial charge in [0, 0.05) is 12.2 Å². The molecule has 1 aromatic carbocycles. The van der Waals surface area contributed by atoms with Crippen LogP contribution in [0.5, 0.6) is 0 Å². The summed E-state index contributed by atoms with van der Waals surface area (Å²) < 4.78 is 2.19. The predicted molar refractivity (Wildman–Crippen MR) is 83.5 cm³/mol. The van der Waals surface area contributed by atoms with E-state index in [0.717, 1.165) is 11.6 Å². The van der Waals surface area contributed by atoms with Crippen LogP contribution < -0.4 is 5.32 Å². The highest BCUT2D eigenvalue weighted by atomic mass is 15.2. The Morgan fingerprint density at radius 2 is 1.85 bits per heavy atom. The van der Waals surface area contributed by atoms with Gasteiger partial charge in [0.1, 0.15) is 0 Å². The second-order valence-electron chi connectivity index (χ2n) is 5.84. The number of benzene rings is 1. The highest BCUT2D eigenvalue weighted by Crippen LogP contribution is 2.24. The van der Waals surface area contributed by atoms with Crippen LogP contribution in [0, 0.1) is 13.8 Å². The maximum atomic E-state index is 4.67. The van der Waals surface area contributed by atoms with Gasteiger partial charge in [-0.2, -0.15) is 0 Å². The zero-order valence-corrected chi connectivity index (χ0v) is 12.4. The van der Waals surface area contributed by atoms with Crippen molar-refractivity contribution in [1.29, 1.82) is 0 Å². The summed E-state index contributed by atoms with van der Waals surface area (Å²) in [7, 11) is 0. The molecular formula is C17H23N3. The Hall–Kier alpha value is -1.77. The number of imidazole rings is 1. The molecule has 106 valence electrons. The van der Waals surface area contributed by atoms with Crippen LogP contribution in [0.25, 0.3) is 5.69 Å². The number of aryl methyl sites for hydroxylation is 2. The first-order valence-electron chi connectivity index (χ1n) is 7.62. The van der Waals surface area contributed by atoms with Gasteiger partial charge in [0.15, 0.2) is 0 Å². The number of nitrogens with zero attached hydrogens (tertiary/aromatic N) is 2. The fraction of sp³-hybridized carbons (Fsp3) is 0.471. The first-order chi connectivity index (χ1) is 9.74. The van der Waals surface area contributed by atoms with Gasteiger partial charge in [-0.3, -0.25) is 4.57 Å². The fourth-order valence-electron chi connectivity index (χ4n) is 3.05. The van der Waals surface area contributed by atoms with E-state index in [9.17, 15) is 0 Å². The topological polar surface area (TPSA) is 29.9 Å². The lowest BCUT2D eigenvalue weighted by Gasteiger charge is -2.24. The molecule has 0 aliphatic heterocycles. The fourth-order valence-corrected chi connectivity index (χ4v) is 3.05. The number of hydrogen-bond acceptors (Lipinski definition) is 2. The molecule has 0 atom stereocenters. The molecule has 0 bridgehead atoms. The molecule has 1 aliphatic rings. The first kappa shape index (κ1) is 13.2. The largest absolute Gasteiger partial charge is 0.353 e. The molecule has 1 aliphatic carbocycles. The van der Waals surface area contributed by atoms with E-state index in [-0.39, 0.29) is 0 Å². The molecule has 0 radical (unpaired) electrons. The molecule has 3 rings (SSSR count). The molecule has 2 aromatic rings. The van der Waals surface area contributed by atoms with Gasteiger partial charge in [0.25, 0.3) is 0 Å². The van der Waals surface area contributed by atoms with Crippen LogP contribution in [0.3, 0.4) is 0 Å². The molecule has 3 nitrogen and oxygen atoms in total. The zero-order chi connectivity index (χ0) is 13.9. The third-order valence-electron chi connectivity index (χ3n) is 4.14. The molecule has 3 heteroatoms. The minimum atomic E-state index is 0.577. The van der Waals surface area contributed by atoms with Crippen molar-refractivity contribution < 1.29 is 0 Å². The summed E-state index contributed by atoms with van der Waals surface area (Å²) >= 11 is 0. The molecule has 1 saturated carbocycles. The van der Waals surface area contributed by atoms with E-state index >= 15 is 0 Å². The van der Waals surface area contributed by atoms with Crippen LogP contribution in [-0.4, -0.2) is 15.6 Å². The Morgan fingerprint density at radius 3 is 2.60 bits per heavy atom. The normalized spacial score (nSPS) is 16.3. The quantitative estimate of drug-likeness (QED) is 0.903. The average molecular weight is 269 g/mol. The van der Waals surface area contributed by atoms with E-state index in [4.69, 9.17) is 0 Å². The number of aromatic nitrogens is 2. The summed E-state index contributed by atoms with van der Waals surface area (Å²) in [4.78, 5) is 4.67. The van der Waals surface area contributed by atoms with Crippen LogP contribution in [-0.2, 0) is 0 Å². The van der Waals surface area contributed by atoms with E-state index in [1.807, 2.05) is 0 Å². The minimum Gasteiger partial charge on any atom is -0.353 e. The molecule has 0 unspecified atom stereocenters. The third kappa shape index (κ3) is 2.72. The molecule has 1 fully saturated rings. The number of nitrogens with one attached hydrogen (secondary N) is 1. The zero-order valence-electron chi connectivity index (χ0n) is 12.4. The SMILES string of the molecule is Cc1cn(-c2ccccc2C)c(NC2CCCCC2)n1. The first-order valence-corrected chi connectivity index (χ1v) is 7.62. The lowest BCUT2D eigenvalue weighted by Crippen LogP contribution is -2.24. The van der Waals surface area contributed by atoms with E-state index in [1.165, 1.54) is 43.4 Å². The van der Waals surface area contributed by atoms with Crippen molar-refractivity contribution in [3.05, 3.63) is 41.7 Å². The van der Waals surface area contributed by atoms with E-state index in [2.05, 4.69) is 59.2 Å². The molecule has 1 aromatic heterocycles. The van der Waals surface area contributed by atoms with Crippen LogP contribution in [0.4, 0.5) is 5.95 Å². The maximum absolute atomic E-state index is 4.67.